The monoisotopic (exact) mass is 681 g/mol. The van der Waals surface area contributed by atoms with Crippen LogP contribution in [-0.2, 0) is 0 Å². The highest BCUT2D eigenvalue weighted by Crippen LogP contribution is 2.42. The summed E-state index contributed by atoms with van der Waals surface area (Å²) in [6, 6.07) is 43.2. The lowest BCUT2D eigenvalue weighted by atomic mass is 10.1. The predicted octanol–water partition coefficient (Wildman–Crippen LogP) is 11.2. The Hall–Kier alpha value is -7.53. The highest BCUT2D eigenvalue weighted by Gasteiger charge is 2.16. The highest BCUT2D eigenvalue weighted by molar-refractivity contribution is 6.08. The van der Waals surface area contributed by atoms with Crippen LogP contribution in [0, 0.1) is 0 Å². The number of carbonyl (C=O) groups is 1. The summed E-state index contributed by atoms with van der Waals surface area (Å²) in [5.74, 6) is 0.154. The number of nitrogens with one attached hydrogen (secondary N) is 1. The molecule has 0 spiro atoms. The van der Waals surface area contributed by atoms with Gasteiger partial charge in [-0.2, -0.15) is 10.2 Å². The molecule has 52 heavy (non-hydrogen) atoms. The number of anilines is 1. The van der Waals surface area contributed by atoms with E-state index in [0.29, 0.717) is 50.9 Å². The fourth-order valence-electron chi connectivity index (χ4n) is 5.66. The fourth-order valence-corrected chi connectivity index (χ4v) is 5.66. The molecule has 0 unspecified atom stereocenters. The van der Waals surface area contributed by atoms with Crippen LogP contribution in [0.5, 0.6) is 11.5 Å². The number of hydrogen-bond donors (Lipinski definition) is 3. The van der Waals surface area contributed by atoms with E-state index in [0.717, 1.165) is 16.2 Å². The number of nitrogens with zero attached hydrogens (tertiary/aromatic N) is 6. The van der Waals surface area contributed by atoms with E-state index in [2.05, 4.69) is 36.0 Å². The van der Waals surface area contributed by atoms with Crippen molar-refractivity contribution in [3.05, 3.63) is 151 Å². The van der Waals surface area contributed by atoms with Crippen molar-refractivity contribution in [1.29, 1.82) is 0 Å². The van der Waals surface area contributed by atoms with Gasteiger partial charge in [0.25, 0.3) is 5.91 Å². The van der Waals surface area contributed by atoms with Gasteiger partial charge in [-0.15, -0.1) is 20.4 Å². The summed E-state index contributed by atoms with van der Waals surface area (Å²) >= 11 is 0. The average molecular weight is 682 g/mol. The summed E-state index contributed by atoms with van der Waals surface area (Å²) < 4.78 is 5.97. The first-order valence-electron chi connectivity index (χ1n) is 16.2. The Morgan fingerprint density at radius 3 is 1.73 bits per heavy atom. The Kier molecular flexibility index (Phi) is 8.40. The molecule has 0 saturated heterocycles. The molecule has 0 atom stereocenters. The Morgan fingerprint density at radius 2 is 1.10 bits per heavy atom. The minimum absolute atomic E-state index is 0.0534. The number of azo groups is 2. The van der Waals surface area contributed by atoms with E-state index in [1.807, 2.05) is 60.7 Å². The number of benzene rings is 7. The Bertz CT molecular complexity index is 2640. The molecule has 0 aliphatic heterocycles. The number of phenols is 2. The zero-order valence-electron chi connectivity index (χ0n) is 27.3. The number of aromatic hydroxyl groups is 2. The smallest absolute Gasteiger partial charge is 0.255 e. The second kappa shape index (κ2) is 13.8. The second-order valence-electron chi connectivity index (χ2n) is 11.7. The summed E-state index contributed by atoms with van der Waals surface area (Å²) in [5.41, 5.74) is 3.81. The molecule has 250 valence electrons. The third-order valence-corrected chi connectivity index (χ3v) is 8.34. The molecular formula is C41H27N7O4. The van der Waals surface area contributed by atoms with Crippen LogP contribution in [0.4, 0.5) is 28.4 Å². The van der Waals surface area contributed by atoms with Crippen molar-refractivity contribution < 1.29 is 19.4 Å². The van der Waals surface area contributed by atoms with E-state index in [-0.39, 0.29) is 28.8 Å². The van der Waals surface area contributed by atoms with Gasteiger partial charge in [0, 0.05) is 27.5 Å². The number of rotatable bonds is 8. The van der Waals surface area contributed by atoms with Crippen LogP contribution in [0.3, 0.4) is 0 Å². The van der Waals surface area contributed by atoms with Gasteiger partial charge >= 0.3 is 0 Å². The lowest BCUT2D eigenvalue weighted by Crippen LogP contribution is -2.11. The van der Waals surface area contributed by atoms with Gasteiger partial charge in [0.05, 0.1) is 17.1 Å². The number of fused-ring (bicyclic) bond motifs is 2. The molecule has 0 bridgehead atoms. The zero-order chi connectivity index (χ0) is 35.4. The molecule has 3 N–H and O–H groups in total. The summed E-state index contributed by atoms with van der Waals surface area (Å²) in [6.07, 6.45) is 0. The quantitative estimate of drug-likeness (QED) is 0.107. The van der Waals surface area contributed by atoms with Crippen molar-refractivity contribution in [2.24, 2.45) is 20.5 Å². The summed E-state index contributed by atoms with van der Waals surface area (Å²) in [6.45, 7) is 0. The van der Waals surface area contributed by atoms with Crippen LogP contribution >= 0.6 is 0 Å². The molecule has 1 heterocycles. The molecule has 0 radical (unpaired) electrons. The van der Waals surface area contributed by atoms with Gasteiger partial charge in [-0.3, -0.25) is 4.79 Å². The van der Waals surface area contributed by atoms with Crippen molar-refractivity contribution in [3.63, 3.8) is 0 Å². The lowest BCUT2D eigenvalue weighted by molar-refractivity contribution is 0.102. The standard InChI is InChI=1S/C41H27N7O4/c49-35-23-18-25-8-4-6-12-32(25)36(35)45-43-30-19-14-27(15-20-30)40-47-48-41(52-40)28-16-21-31(22-17-28)44-46-37-33-13-7-5-11-29(33)24-34(38(37)50)42-39(51)26-9-2-1-3-10-26/h1-24,49-50H,(H,42,51). The van der Waals surface area contributed by atoms with Crippen LogP contribution in [-0.4, -0.2) is 26.3 Å². The van der Waals surface area contributed by atoms with Crippen LogP contribution in [0.1, 0.15) is 10.4 Å². The minimum atomic E-state index is -0.355. The molecule has 11 heteroatoms. The molecule has 0 saturated carbocycles. The molecule has 0 aliphatic rings. The Morgan fingerprint density at radius 1 is 0.558 bits per heavy atom. The number of phenolic OH excluding ortho intramolecular Hbond substituents is 2. The van der Waals surface area contributed by atoms with Crippen molar-refractivity contribution in [2.45, 2.75) is 0 Å². The van der Waals surface area contributed by atoms with Crippen LogP contribution < -0.4 is 5.32 Å². The van der Waals surface area contributed by atoms with E-state index >= 15 is 0 Å². The largest absolute Gasteiger partial charge is 0.506 e. The molecule has 7 aromatic carbocycles. The number of hydrogen-bond acceptors (Lipinski definition) is 10. The van der Waals surface area contributed by atoms with Crippen LogP contribution in [0.15, 0.2) is 170 Å². The third kappa shape index (κ3) is 6.44. The Labute approximate surface area is 296 Å². The van der Waals surface area contributed by atoms with Crippen molar-refractivity contribution in [1.82, 2.24) is 10.2 Å². The highest BCUT2D eigenvalue weighted by atomic mass is 16.4. The normalized spacial score (nSPS) is 11.5. The van der Waals surface area contributed by atoms with Crippen molar-refractivity contribution in [2.75, 3.05) is 5.32 Å². The SMILES string of the molecule is O=C(Nc1cc2ccccc2c(N=Nc2ccc(-c3nnc(-c4ccc(N=Nc5c(O)ccc6ccccc56)cc4)o3)cc2)c1O)c1ccccc1. The zero-order valence-corrected chi connectivity index (χ0v) is 27.3. The van der Waals surface area contributed by atoms with E-state index < -0.39 is 0 Å². The minimum Gasteiger partial charge on any atom is -0.506 e. The maximum atomic E-state index is 12.8. The fraction of sp³-hybridized carbons (Fsp3) is 0. The molecule has 0 fully saturated rings. The van der Waals surface area contributed by atoms with Crippen molar-refractivity contribution >= 4 is 55.9 Å². The number of amides is 1. The van der Waals surface area contributed by atoms with E-state index in [4.69, 9.17) is 4.42 Å². The van der Waals surface area contributed by atoms with Gasteiger partial charge in [0.2, 0.25) is 11.8 Å². The van der Waals surface area contributed by atoms with Gasteiger partial charge in [-0.25, -0.2) is 0 Å². The number of carbonyl (C=O) groups excluding carboxylic acids is 1. The van der Waals surface area contributed by atoms with Crippen LogP contribution in [0.2, 0.25) is 0 Å². The van der Waals surface area contributed by atoms with Gasteiger partial charge in [-0.05, 0) is 83.6 Å². The second-order valence-corrected chi connectivity index (χ2v) is 11.7. The van der Waals surface area contributed by atoms with Crippen molar-refractivity contribution in [3.8, 4) is 34.4 Å². The lowest BCUT2D eigenvalue weighted by Gasteiger charge is -2.12. The molecule has 8 aromatic rings. The molecular weight excluding hydrogens is 654 g/mol. The third-order valence-electron chi connectivity index (χ3n) is 8.34. The molecule has 0 aliphatic carbocycles. The molecule has 11 nitrogen and oxygen atoms in total. The predicted molar refractivity (Wildman–Crippen MR) is 199 cm³/mol. The van der Waals surface area contributed by atoms with Gasteiger partial charge in [0.15, 0.2) is 5.75 Å². The van der Waals surface area contributed by atoms with Gasteiger partial charge in [0.1, 0.15) is 17.1 Å². The summed E-state index contributed by atoms with van der Waals surface area (Å²) in [4.78, 5) is 12.8. The molecule has 1 aromatic heterocycles. The Balaban J connectivity index is 0.982. The van der Waals surface area contributed by atoms with Gasteiger partial charge in [-0.1, -0.05) is 72.8 Å². The first-order valence-corrected chi connectivity index (χ1v) is 16.2. The number of aromatic nitrogens is 2. The molecule has 8 rings (SSSR count). The topological polar surface area (TPSA) is 158 Å². The maximum Gasteiger partial charge on any atom is 0.255 e. The first kappa shape index (κ1) is 31.7. The van der Waals surface area contributed by atoms with Crippen LogP contribution in [0.25, 0.3) is 44.5 Å². The van der Waals surface area contributed by atoms with E-state index in [1.54, 1.807) is 84.9 Å². The summed E-state index contributed by atoms with van der Waals surface area (Å²) in [7, 11) is 0. The van der Waals surface area contributed by atoms with E-state index in [1.165, 1.54) is 0 Å². The van der Waals surface area contributed by atoms with E-state index in [9.17, 15) is 15.0 Å². The first-order chi connectivity index (χ1) is 25.5. The maximum absolute atomic E-state index is 12.8. The average Bonchev–Trinajstić information content (AvgIpc) is 3.69. The molecule has 1 amide bonds. The van der Waals surface area contributed by atoms with Gasteiger partial charge < -0.3 is 19.9 Å². The summed E-state index contributed by atoms with van der Waals surface area (Å²) in [5, 5.41) is 53.4.